The Morgan fingerprint density at radius 3 is 2.57 bits per heavy atom. The Morgan fingerprint density at radius 2 is 2.04 bits per heavy atom. The molecule has 122 valence electrons. The summed E-state index contributed by atoms with van der Waals surface area (Å²) < 4.78 is 0. The van der Waals surface area contributed by atoms with Gasteiger partial charge in [-0.1, -0.05) is 32.4 Å². The van der Waals surface area contributed by atoms with Crippen molar-refractivity contribution in [2.45, 2.75) is 32.6 Å². The Kier molecular flexibility index (Phi) is 5.06. The van der Waals surface area contributed by atoms with E-state index < -0.39 is 5.97 Å². The molecule has 0 spiro atoms. The van der Waals surface area contributed by atoms with Gasteiger partial charge in [0.2, 0.25) is 5.91 Å². The predicted molar refractivity (Wildman–Crippen MR) is 91.6 cm³/mol. The van der Waals surface area contributed by atoms with Crippen LogP contribution in [0.5, 0.6) is 0 Å². The number of carbonyl (C=O) groups excluding carboxylic acids is 1. The van der Waals surface area contributed by atoms with Crippen molar-refractivity contribution in [2.75, 3.05) is 5.32 Å². The fourth-order valence-corrected chi connectivity index (χ4v) is 3.04. The average molecular weight is 353 g/mol. The molecule has 1 heterocycles. The summed E-state index contributed by atoms with van der Waals surface area (Å²) in [5.41, 5.74) is 1.13. The van der Waals surface area contributed by atoms with Crippen molar-refractivity contribution < 1.29 is 14.7 Å². The Labute approximate surface area is 143 Å². The summed E-state index contributed by atoms with van der Waals surface area (Å²) >= 11 is 7.41. The summed E-state index contributed by atoms with van der Waals surface area (Å²) in [7, 11) is 0. The van der Waals surface area contributed by atoms with Crippen molar-refractivity contribution in [1.82, 2.24) is 4.98 Å². The number of halogens is 1. The van der Waals surface area contributed by atoms with Gasteiger partial charge in [-0.15, -0.1) is 11.3 Å². The van der Waals surface area contributed by atoms with Gasteiger partial charge in [-0.05, 0) is 18.2 Å². The summed E-state index contributed by atoms with van der Waals surface area (Å²) in [5.74, 6) is -1.33. The standard InChI is InChI=1S/C16H17ClN2O3S/c1-16(2,3)15-19-10(8-23-15)7-13(20)18-9-4-5-11(14(21)22)12(17)6-9/h4-6,8H,7H2,1-3H3,(H,18,20)(H,21,22). The van der Waals surface area contributed by atoms with Gasteiger partial charge in [-0.3, -0.25) is 4.79 Å². The van der Waals surface area contributed by atoms with E-state index in [1.807, 2.05) is 5.38 Å². The summed E-state index contributed by atoms with van der Waals surface area (Å²) in [6.45, 7) is 6.21. The maximum absolute atomic E-state index is 12.1. The molecule has 0 aliphatic heterocycles. The van der Waals surface area contributed by atoms with Crippen LogP contribution >= 0.6 is 22.9 Å². The number of aromatic carboxylic acids is 1. The lowest BCUT2D eigenvalue weighted by Crippen LogP contribution is -2.16. The van der Waals surface area contributed by atoms with E-state index in [0.717, 1.165) is 5.01 Å². The number of nitrogens with zero attached hydrogens (tertiary/aromatic N) is 1. The number of nitrogens with one attached hydrogen (secondary N) is 1. The van der Waals surface area contributed by atoms with E-state index in [2.05, 4.69) is 31.1 Å². The van der Waals surface area contributed by atoms with Crippen LogP contribution in [0.3, 0.4) is 0 Å². The highest BCUT2D eigenvalue weighted by Gasteiger charge is 2.19. The third-order valence-corrected chi connectivity index (χ3v) is 4.65. The molecular weight excluding hydrogens is 336 g/mol. The topological polar surface area (TPSA) is 79.3 Å². The van der Waals surface area contributed by atoms with Crippen molar-refractivity contribution in [1.29, 1.82) is 0 Å². The Bertz CT molecular complexity index is 750. The van der Waals surface area contributed by atoms with E-state index in [1.54, 1.807) is 0 Å². The summed E-state index contributed by atoms with van der Waals surface area (Å²) in [4.78, 5) is 27.4. The number of aromatic nitrogens is 1. The summed E-state index contributed by atoms with van der Waals surface area (Å²) in [6.07, 6.45) is 0.158. The molecule has 23 heavy (non-hydrogen) atoms. The van der Waals surface area contributed by atoms with Gasteiger partial charge in [-0.25, -0.2) is 9.78 Å². The van der Waals surface area contributed by atoms with Crippen LogP contribution in [0, 0.1) is 0 Å². The second-order valence-corrected chi connectivity index (χ2v) is 7.38. The SMILES string of the molecule is CC(C)(C)c1nc(CC(=O)Nc2ccc(C(=O)O)c(Cl)c2)cs1. The van der Waals surface area contributed by atoms with E-state index in [0.29, 0.717) is 11.4 Å². The number of benzene rings is 1. The van der Waals surface area contributed by atoms with Crippen molar-refractivity contribution in [3.63, 3.8) is 0 Å². The minimum Gasteiger partial charge on any atom is -0.478 e. The number of anilines is 1. The highest BCUT2D eigenvalue weighted by Crippen LogP contribution is 2.26. The van der Waals surface area contributed by atoms with Crippen LogP contribution in [-0.4, -0.2) is 22.0 Å². The zero-order valence-electron chi connectivity index (χ0n) is 13.0. The molecule has 0 saturated heterocycles. The van der Waals surface area contributed by atoms with Gasteiger partial charge in [0, 0.05) is 16.5 Å². The van der Waals surface area contributed by atoms with Crippen LogP contribution in [0.2, 0.25) is 5.02 Å². The van der Waals surface area contributed by atoms with Gasteiger partial charge < -0.3 is 10.4 Å². The van der Waals surface area contributed by atoms with E-state index in [9.17, 15) is 9.59 Å². The zero-order chi connectivity index (χ0) is 17.2. The summed E-state index contributed by atoms with van der Waals surface area (Å²) in [5, 5.41) is 14.6. The second-order valence-electron chi connectivity index (χ2n) is 6.12. The molecule has 2 rings (SSSR count). The van der Waals surface area contributed by atoms with E-state index in [4.69, 9.17) is 16.7 Å². The molecular formula is C16H17ClN2O3S. The molecule has 0 radical (unpaired) electrons. The first-order valence-corrected chi connectivity index (χ1v) is 8.20. The number of hydrogen-bond acceptors (Lipinski definition) is 4. The highest BCUT2D eigenvalue weighted by atomic mass is 35.5. The molecule has 0 saturated carbocycles. The molecule has 0 bridgehead atoms. The molecule has 1 amide bonds. The molecule has 1 aromatic carbocycles. The molecule has 0 fully saturated rings. The first kappa shape index (κ1) is 17.4. The molecule has 5 nitrogen and oxygen atoms in total. The van der Waals surface area contributed by atoms with Crippen molar-refractivity contribution in [2.24, 2.45) is 0 Å². The lowest BCUT2D eigenvalue weighted by molar-refractivity contribution is -0.115. The van der Waals surface area contributed by atoms with Crippen molar-refractivity contribution >= 4 is 40.5 Å². The Morgan fingerprint density at radius 1 is 1.35 bits per heavy atom. The number of amides is 1. The number of carboxylic acids is 1. The number of carboxylic acid groups (broad SMARTS) is 1. The molecule has 1 aromatic heterocycles. The number of hydrogen-bond donors (Lipinski definition) is 2. The molecule has 0 aliphatic carbocycles. The fraction of sp³-hybridized carbons (Fsp3) is 0.312. The van der Waals surface area contributed by atoms with E-state index in [1.165, 1.54) is 29.5 Å². The van der Waals surface area contributed by atoms with Gasteiger partial charge >= 0.3 is 5.97 Å². The van der Waals surface area contributed by atoms with Crippen LogP contribution in [0.1, 0.15) is 41.8 Å². The van der Waals surface area contributed by atoms with Gasteiger partial charge in [-0.2, -0.15) is 0 Å². The molecule has 0 atom stereocenters. The zero-order valence-corrected chi connectivity index (χ0v) is 14.6. The minimum atomic E-state index is -1.11. The largest absolute Gasteiger partial charge is 0.478 e. The predicted octanol–water partition coefficient (Wildman–Crippen LogP) is 3.97. The number of rotatable bonds is 4. The van der Waals surface area contributed by atoms with Gasteiger partial charge in [0.15, 0.2) is 0 Å². The van der Waals surface area contributed by atoms with Crippen molar-refractivity contribution in [3.05, 3.63) is 44.9 Å². The van der Waals surface area contributed by atoms with Gasteiger partial charge in [0.1, 0.15) is 0 Å². The van der Waals surface area contributed by atoms with Crippen LogP contribution in [0.15, 0.2) is 23.6 Å². The van der Waals surface area contributed by atoms with E-state index >= 15 is 0 Å². The first-order valence-electron chi connectivity index (χ1n) is 6.94. The number of thiazole rings is 1. The van der Waals surface area contributed by atoms with Crippen LogP contribution in [-0.2, 0) is 16.6 Å². The smallest absolute Gasteiger partial charge is 0.337 e. The molecule has 0 aliphatic rings. The normalized spacial score (nSPS) is 11.3. The first-order chi connectivity index (χ1) is 10.7. The average Bonchev–Trinajstić information content (AvgIpc) is 2.86. The fourth-order valence-electron chi connectivity index (χ4n) is 1.87. The number of carbonyl (C=O) groups is 2. The molecule has 0 unspecified atom stereocenters. The Hall–Kier alpha value is -1.92. The lowest BCUT2D eigenvalue weighted by Gasteiger charge is -2.13. The van der Waals surface area contributed by atoms with E-state index in [-0.39, 0.29) is 28.3 Å². The second kappa shape index (κ2) is 6.68. The van der Waals surface area contributed by atoms with Gasteiger partial charge in [0.25, 0.3) is 0 Å². The van der Waals surface area contributed by atoms with Gasteiger partial charge in [0.05, 0.1) is 27.7 Å². The van der Waals surface area contributed by atoms with Crippen LogP contribution in [0.25, 0.3) is 0 Å². The monoisotopic (exact) mass is 352 g/mol. The van der Waals surface area contributed by atoms with Crippen molar-refractivity contribution in [3.8, 4) is 0 Å². The van der Waals surface area contributed by atoms with Crippen LogP contribution in [0.4, 0.5) is 5.69 Å². The minimum absolute atomic E-state index is 0.000939. The Balaban J connectivity index is 2.04. The third kappa shape index (κ3) is 4.53. The lowest BCUT2D eigenvalue weighted by atomic mass is 9.98. The molecule has 7 heteroatoms. The molecule has 2 N–H and O–H groups in total. The third-order valence-electron chi connectivity index (χ3n) is 3.02. The quantitative estimate of drug-likeness (QED) is 0.872. The maximum Gasteiger partial charge on any atom is 0.337 e. The maximum atomic E-state index is 12.1. The van der Waals surface area contributed by atoms with Crippen LogP contribution < -0.4 is 5.32 Å². The molecule has 2 aromatic rings. The highest BCUT2D eigenvalue weighted by molar-refractivity contribution is 7.09. The summed E-state index contributed by atoms with van der Waals surface area (Å²) in [6, 6.07) is 4.29.